The lowest BCUT2D eigenvalue weighted by molar-refractivity contribution is 0.838. The Morgan fingerprint density at radius 1 is 1.36 bits per heavy atom. The molecule has 1 aromatic rings. The maximum Gasteiger partial charge on any atom is 0.00693 e. The zero-order valence-corrected chi connectivity index (χ0v) is 10.8. The van der Waals surface area contributed by atoms with Gasteiger partial charge in [-0.05, 0) is 47.7 Å². The van der Waals surface area contributed by atoms with Crippen molar-refractivity contribution in [3.63, 3.8) is 0 Å². The van der Waals surface area contributed by atoms with Gasteiger partial charge in [0, 0.05) is 4.90 Å². The molecular weight excluding hydrogens is 256 g/mol. The van der Waals surface area contributed by atoms with E-state index >= 15 is 0 Å². The Balaban J connectivity index is 2.40. The first-order valence-corrected chi connectivity index (χ1v) is 6.70. The monoisotopic (exact) mass is 270 g/mol. The number of benzene rings is 1. The quantitative estimate of drug-likeness (QED) is 0.703. The van der Waals surface area contributed by atoms with E-state index in [2.05, 4.69) is 53.0 Å². The highest BCUT2D eigenvalue weighted by Gasteiger charge is 1.95. The highest BCUT2D eigenvalue weighted by Crippen LogP contribution is 2.17. The van der Waals surface area contributed by atoms with Crippen molar-refractivity contribution >= 4 is 27.7 Å². The average Bonchev–Trinajstić information content (AvgIpc) is 2.18. The van der Waals surface area contributed by atoms with E-state index in [1.807, 2.05) is 0 Å². The normalized spacial score (nSPS) is 10.1. The molecule has 0 aliphatic rings. The summed E-state index contributed by atoms with van der Waals surface area (Å²) in [6.45, 7) is 3.83. The Morgan fingerprint density at radius 2 is 2.00 bits per heavy atom. The lowest BCUT2D eigenvalue weighted by atomic mass is 10.1. The molecule has 2 heteroatoms. The van der Waals surface area contributed by atoms with Gasteiger partial charge in [0.1, 0.15) is 0 Å². The number of halogens is 1. The van der Waals surface area contributed by atoms with Crippen LogP contribution in [0.25, 0.3) is 0 Å². The molecule has 1 aromatic carbocycles. The molecule has 76 valence electrons. The van der Waals surface area contributed by atoms with Crippen molar-refractivity contribution in [3.05, 3.63) is 40.9 Å². The Bertz CT molecular complexity index is 290. The third-order valence-corrected chi connectivity index (χ3v) is 3.21. The van der Waals surface area contributed by atoms with Gasteiger partial charge < -0.3 is 0 Å². The van der Waals surface area contributed by atoms with Crippen LogP contribution < -0.4 is 0 Å². The van der Waals surface area contributed by atoms with Crippen LogP contribution in [-0.4, -0.2) is 6.26 Å². The van der Waals surface area contributed by atoms with Gasteiger partial charge in [0.05, 0.1) is 0 Å². The Labute approximate surface area is 98.9 Å². The second-order valence-corrected chi connectivity index (χ2v) is 5.22. The van der Waals surface area contributed by atoms with Crippen LogP contribution in [0.1, 0.15) is 18.4 Å². The third-order valence-electron chi connectivity index (χ3n) is 2.07. The molecule has 0 saturated heterocycles. The van der Waals surface area contributed by atoms with E-state index in [4.69, 9.17) is 0 Å². The van der Waals surface area contributed by atoms with Crippen molar-refractivity contribution in [3.8, 4) is 0 Å². The maximum atomic E-state index is 3.83. The van der Waals surface area contributed by atoms with Crippen LogP contribution in [-0.2, 0) is 6.42 Å². The predicted molar refractivity (Wildman–Crippen MR) is 69.2 cm³/mol. The molecule has 1 rings (SSSR count). The van der Waals surface area contributed by atoms with Crippen LogP contribution in [0.5, 0.6) is 0 Å². The third kappa shape index (κ3) is 4.34. The predicted octanol–water partition coefficient (Wildman–Crippen LogP) is 4.64. The fraction of sp³-hybridized carbons (Fsp3) is 0.333. The Morgan fingerprint density at radius 3 is 2.50 bits per heavy atom. The van der Waals surface area contributed by atoms with Crippen LogP contribution in [0, 0.1) is 0 Å². The number of hydrogen-bond donors (Lipinski definition) is 0. The fourth-order valence-corrected chi connectivity index (χ4v) is 1.97. The standard InChI is InChI=1S/C12H15BrS/c1-10(13)4-3-5-11-6-8-12(14-2)9-7-11/h6-9H,1,3-5H2,2H3. The molecule has 0 saturated carbocycles. The largest absolute Gasteiger partial charge is 0.130 e. The molecule has 0 amide bonds. The van der Waals surface area contributed by atoms with Gasteiger partial charge >= 0.3 is 0 Å². The first-order chi connectivity index (χ1) is 6.72. The highest BCUT2D eigenvalue weighted by atomic mass is 79.9. The molecule has 0 aliphatic carbocycles. The van der Waals surface area contributed by atoms with Crippen molar-refractivity contribution in [2.24, 2.45) is 0 Å². The van der Waals surface area contributed by atoms with Gasteiger partial charge in [-0.1, -0.05) is 34.6 Å². The molecule has 0 aromatic heterocycles. The first kappa shape index (κ1) is 11.9. The summed E-state index contributed by atoms with van der Waals surface area (Å²) < 4.78 is 1.10. The van der Waals surface area contributed by atoms with Crippen molar-refractivity contribution < 1.29 is 0 Å². The smallest absolute Gasteiger partial charge is 0.00693 e. The number of thioether (sulfide) groups is 1. The molecule has 14 heavy (non-hydrogen) atoms. The second-order valence-electron chi connectivity index (χ2n) is 3.22. The zero-order valence-electron chi connectivity index (χ0n) is 8.42. The van der Waals surface area contributed by atoms with Gasteiger partial charge in [0.25, 0.3) is 0 Å². The minimum atomic E-state index is 1.06. The summed E-state index contributed by atoms with van der Waals surface area (Å²) in [6.07, 6.45) is 5.47. The number of hydrogen-bond acceptors (Lipinski definition) is 1. The fourth-order valence-electron chi connectivity index (χ4n) is 1.28. The van der Waals surface area contributed by atoms with Gasteiger partial charge in [-0.15, -0.1) is 11.8 Å². The molecule has 0 nitrogen and oxygen atoms in total. The van der Waals surface area contributed by atoms with Crippen molar-refractivity contribution in [1.29, 1.82) is 0 Å². The van der Waals surface area contributed by atoms with E-state index in [0.717, 1.165) is 17.3 Å². The summed E-state index contributed by atoms with van der Waals surface area (Å²) in [7, 11) is 0. The minimum Gasteiger partial charge on any atom is -0.130 e. The summed E-state index contributed by atoms with van der Waals surface area (Å²) in [5, 5.41) is 0. The van der Waals surface area contributed by atoms with Gasteiger partial charge in [-0.3, -0.25) is 0 Å². The Hall–Kier alpha value is -0.210. The summed E-state index contributed by atoms with van der Waals surface area (Å²) in [4.78, 5) is 1.33. The van der Waals surface area contributed by atoms with E-state index in [0.29, 0.717) is 0 Å². The molecule has 0 N–H and O–H groups in total. The topological polar surface area (TPSA) is 0 Å². The van der Waals surface area contributed by atoms with Gasteiger partial charge in [0.15, 0.2) is 0 Å². The molecule has 0 radical (unpaired) electrons. The molecular formula is C12H15BrS. The molecule has 0 atom stereocenters. The van der Waals surface area contributed by atoms with Crippen molar-refractivity contribution in [2.45, 2.75) is 24.2 Å². The van der Waals surface area contributed by atoms with Crippen molar-refractivity contribution in [1.82, 2.24) is 0 Å². The minimum absolute atomic E-state index is 1.06. The van der Waals surface area contributed by atoms with Crippen LogP contribution in [0.3, 0.4) is 0 Å². The van der Waals surface area contributed by atoms with E-state index in [1.54, 1.807) is 11.8 Å². The number of aryl methyl sites for hydroxylation is 1. The summed E-state index contributed by atoms with van der Waals surface area (Å²) in [5.41, 5.74) is 1.41. The maximum absolute atomic E-state index is 3.83. The van der Waals surface area contributed by atoms with E-state index < -0.39 is 0 Å². The van der Waals surface area contributed by atoms with Crippen molar-refractivity contribution in [2.75, 3.05) is 6.26 Å². The Kier molecular flexibility index (Phi) is 5.34. The van der Waals surface area contributed by atoms with E-state index in [1.165, 1.54) is 16.9 Å². The van der Waals surface area contributed by atoms with Crippen LogP contribution in [0.2, 0.25) is 0 Å². The van der Waals surface area contributed by atoms with Crippen LogP contribution in [0.4, 0.5) is 0 Å². The van der Waals surface area contributed by atoms with E-state index in [-0.39, 0.29) is 0 Å². The molecule has 0 aliphatic heterocycles. The number of allylic oxidation sites excluding steroid dienone is 1. The number of rotatable bonds is 5. The lowest BCUT2D eigenvalue weighted by Crippen LogP contribution is -1.85. The molecule has 0 spiro atoms. The second kappa shape index (κ2) is 6.31. The summed E-state index contributed by atoms with van der Waals surface area (Å²) in [6, 6.07) is 8.79. The summed E-state index contributed by atoms with van der Waals surface area (Å²) in [5.74, 6) is 0. The van der Waals surface area contributed by atoms with Gasteiger partial charge in [-0.2, -0.15) is 0 Å². The average molecular weight is 271 g/mol. The zero-order chi connectivity index (χ0) is 10.4. The van der Waals surface area contributed by atoms with Gasteiger partial charge in [-0.25, -0.2) is 0 Å². The molecule has 0 fully saturated rings. The van der Waals surface area contributed by atoms with E-state index in [9.17, 15) is 0 Å². The molecule has 0 bridgehead atoms. The van der Waals surface area contributed by atoms with Gasteiger partial charge in [0.2, 0.25) is 0 Å². The first-order valence-electron chi connectivity index (χ1n) is 4.68. The molecule has 0 unspecified atom stereocenters. The van der Waals surface area contributed by atoms with Crippen LogP contribution in [0.15, 0.2) is 40.2 Å². The summed E-state index contributed by atoms with van der Waals surface area (Å²) >= 11 is 5.16. The molecule has 0 heterocycles. The van der Waals surface area contributed by atoms with Crippen LogP contribution >= 0.6 is 27.7 Å². The highest BCUT2D eigenvalue weighted by molar-refractivity contribution is 9.11. The lowest BCUT2D eigenvalue weighted by Gasteiger charge is -2.02. The SMILES string of the molecule is C=C(Br)CCCc1ccc(SC)cc1.